The highest BCUT2D eigenvalue weighted by Gasteiger charge is 2.03. The zero-order valence-electron chi connectivity index (χ0n) is 7.16. The minimum Gasteiger partial charge on any atom is -0.407 e. The van der Waals surface area contributed by atoms with E-state index in [4.69, 9.17) is 0 Å². The summed E-state index contributed by atoms with van der Waals surface area (Å²) in [6.07, 6.45) is 1.76. The van der Waals surface area contributed by atoms with Crippen LogP contribution in [-0.2, 0) is 4.79 Å². The Bertz CT molecular complexity index is 374. The molecular formula is C7H8N2O3S. The molecule has 0 aliphatic rings. The highest BCUT2D eigenvalue weighted by molar-refractivity contribution is 7.98. The first kappa shape index (κ1) is 9.79. The molecule has 0 atom stereocenters. The van der Waals surface area contributed by atoms with Gasteiger partial charge < -0.3 is 9.72 Å². The van der Waals surface area contributed by atoms with E-state index in [9.17, 15) is 9.59 Å². The largest absolute Gasteiger partial charge is 0.407 e. The summed E-state index contributed by atoms with van der Waals surface area (Å²) in [7, 11) is 0. The van der Waals surface area contributed by atoms with E-state index >= 15 is 0 Å². The third-order valence-electron chi connectivity index (χ3n) is 1.14. The Hall–Kier alpha value is -1.30. The summed E-state index contributed by atoms with van der Waals surface area (Å²) in [5.41, 5.74) is -0.337. The maximum Gasteiger partial charge on any atom is 0.309 e. The maximum absolute atomic E-state index is 11.0. The lowest BCUT2D eigenvalue weighted by molar-refractivity contribution is -0.132. The zero-order chi connectivity index (χ0) is 9.84. The topological polar surface area (TPSA) is 72.0 Å². The fourth-order valence-corrected chi connectivity index (χ4v) is 1.09. The number of carbonyl (C=O) groups is 1. The van der Waals surface area contributed by atoms with Crippen LogP contribution >= 0.6 is 11.8 Å². The van der Waals surface area contributed by atoms with Crippen LogP contribution in [0.5, 0.6) is 5.88 Å². The molecule has 0 aliphatic heterocycles. The molecule has 5 nitrogen and oxygen atoms in total. The van der Waals surface area contributed by atoms with Gasteiger partial charge in [-0.25, -0.2) is 0 Å². The summed E-state index contributed by atoms with van der Waals surface area (Å²) in [4.78, 5) is 27.8. The second-order valence-electron chi connectivity index (χ2n) is 2.19. The molecule has 1 heterocycles. The monoisotopic (exact) mass is 200 g/mol. The standard InChI is InChI=1S/C7H8N2O3S/c1-4(10)12-6-3-5(11)8-7(9-6)13-2/h3H,1-2H3,(H,8,9,11). The van der Waals surface area contributed by atoms with Crippen molar-refractivity contribution in [3.05, 3.63) is 16.4 Å². The Labute approximate surface area is 78.5 Å². The van der Waals surface area contributed by atoms with E-state index in [2.05, 4.69) is 14.7 Å². The Morgan fingerprint density at radius 2 is 2.38 bits per heavy atom. The number of rotatable bonds is 2. The Morgan fingerprint density at radius 1 is 1.69 bits per heavy atom. The third kappa shape index (κ3) is 2.90. The molecule has 0 spiro atoms. The van der Waals surface area contributed by atoms with Gasteiger partial charge in [0.25, 0.3) is 5.56 Å². The highest BCUT2D eigenvalue weighted by atomic mass is 32.2. The average Bonchev–Trinajstić information content (AvgIpc) is 2.01. The number of H-pyrrole nitrogens is 1. The van der Waals surface area contributed by atoms with Crippen LogP contribution in [0, 0.1) is 0 Å². The first-order chi connectivity index (χ1) is 6.11. The summed E-state index contributed by atoms with van der Waals surface area (Å²) in [6, 6.07) is 1.13. The number of nitrogens with one attached hydrogen (secondary N) is 1. The van der Waals surface area contributed by atoms with Crippen molar-refractivity contribution in [2.75, 3.05) is 6.26 Å². The van der Waals surface area contributed by atoms with E-state index in [1.54, 1.807) is 6.26 Å². The normalized spacial score (nSPS) is 9.69. The van der Waals surface area contributed by atoms with Crippen LogP contribution in [-0.4, -0.2) is 22.2 Å². The molecule has 0 amide bonds. The number of hydrogen-bond donors (Lipinski definition) is 1. The molecule has 1 N–H and O–H groups in total. The first-order valence-corrected chi connectivity index (χ1v) is 4.68. The molecule has 70 valence electrons. The number of ether oxygens (including phenoxy) is 1. The zero-order valence-corrected chi connectivity index (χ0v) is 7.97. The quantitative estimate of drug-likeness (QED) is 0.425. The van der Waals surface area contributed by atoms with Crippen molar-refractivity contribution in [3.8, 4) is 5.88 Å². The van der Waals surface area contributed by atoms with Gasteiger partial charge >= 0.3 is 5.97 Å². The van der Waals surface area contributed by atoms with Gasteiger partial charge in [0.2, 0.25) is 5.88 Å². The molecule has 6 heteroatoms. The predicted molar refractivity (Wildman–Crippen MR) is 47.9 cm³/mol. The second kappa shape index (κ2) is 4.08. The van der Waals surface area contributed by atoms with Crippen LogP contribution in [0.1, 0.15) is 6.92 Å². The van der Waals surface area contributed by atoms with Crippen LogP contribution in [0.3, 0.4) is 0 Å². The molecule has 0 aromatic carbocycles. The smallest absolute Gasteiger partial charge is 0.309 e. The summed E-state index contributed by atoms with van der Waals surface area (Å²) in [5.74, 6) is -0.467. The van der Waals surface area contributed by atoms with Gasteiger partial charge in [0.1, 0.15) is 0 Å². The van der Waals surface area contributed by atoms with Crippen LogP contribution in [0.2, 0.25) is 0 Å². The molecule has 0 bridgehead atoms. The van der Waals surface area contributed by atoms with E-state index in [1.807, 2.05) is 0 Å². The summed E-state index contributed by atoms with van der Waals surface area (Å²) in [5, 5.41) is 0.420. The van der Waals surface area contributed by atoms with Crippen molar-refractivity contribution in [1.29, 1.82) is 0 Å². The minimum atomic E-state index is -0.495. The van der Waals surface area contributed by atoms with Crippen molar-refractivity contribution < 1.29 is 9.53 Å². The number of hydrogen-bond acceptors (Lipinski definition) is 5. The van der Waals surface area contributed by atoms with Gasteiger partial charge in [0, 0.05) is 6.92 Å². The van der Waals surface area contributed by atoms with Gasteiger partial charge in [-0.15, -0.1) is 0 Å². The summed E-state index contributed by atoms with van der Waals surface area (Å²) in [6.45, 7) is 1.25. The molecule has 1 aromatic rings. The lowest BCUT2D eigenvalue weighted by Gasteiger charge is -2.00. The van der Waals surface area contributed by atoms with Gasteiger partial charge in [0.15, 0.2) is 5.16 Å². The second-order valence-corrected chi connectivity index (χ2v) is 2.98. The van der Waals surface area contributed by atoms with Gasteiger partial charge in [-0.05, 0) is 6.26 Å². The highest BCUT2D eigenvalue weighted by Crippen LogP contribution is 2.09. The minimum absolute atomic E-state index is 0.0283. The Kier molecular flexibility index (Phi) is 3.07. The first-order valence-electron chi connectivity index (χ1n) is 3.45. The molecule has 0 saturated heterocycles. The number of nitrogens with zero attached hydrogens (tertiary/aromatic N) is 1. The molecular weight excluding hydrogens is 192 g/mol. The van der Waals surface area contributed by atoms with E-state index in [0.29, 0.717) is 5.16 Å². The summed E-state index contributed by atoms with van der Waals surface area (Å²) < 4.78 is 4.65. The molecule has 0 unspecified atom stereocenters. The van der Waals surface area contributed by atoms with E-state index < -0.39 is 5.97 Å². The van der Waals surface area contributed by atoms with Gasteiger partial charge in [0.05, 0.1) is 6.07 Å². The van der Waals surface area contributed by atoms with Crippen LogP contribution in [0.25, 0.3) is 0 Å². The fraction of sp³-hybridized carbons (Fsp3) is 0.286. The molecule has 0 aliphatic carbocycles. The maximum atomic E-state index is 11.0. The van der Waals surface area contributed by atoms with Crippen molar-refractivity contribution in [2.45, 2.75) is 12.1 Å². The third-order valence-corrected chi connectivity index (χ3v) is 1.72. The molecule has 0 fully saturated rings. The van der Waals surface area contributed by atoms with Crippen molar-refractivity contribution >= 4 is 17.7 Å². The van der Waals surface area contributed by atoms with Crippen LogP contribution in [0.4, 0.5) is 0 Å². The molecule has 13 heavy (non-hydrogen) atoms. The predicted octanol–water partition coefficient (Wildman–Crippen LogP) is 0.417. The number of aromatic amines is 1. The molecule has 0 radical (unpaired) electrons. The van der Waals surface area contributed by atoms with Crippen molar-refractivity contribution in [2.24, 2.45) is 0 Å². The fourth-order valence-electron chi connectivity index (χ4n) is 0.710. The summed E-state index contributed by atoms with van der Waals surface area (Å²) >= 11 is 1.27. The van der Waals surface area contributed by atoms with E-state index in [-0.39, 0.29) is 11.4 Å². The van der Waals surface area contributed by atoms with Crippen LogP contribution in [0.15, 0.2) is 16.0 Å². The van der Waals surface area contributed by atoms with Gasteiger partial charge in [-0.2, -0.15) is 4.98 Å². The number of thioether (sulfide) groups is 1. The van der Waals surface area contributed by atoms with E-state index in [0.717, 1.165) is 6.07 Å². The Morgan fingerprint density at radius 3 is 2.92 bits per heavy atom. The van der Waals surface area contributed by atoms with Crippen molar-refractivity contribution in [1.82, 2.24) is 9.97 Å². The SMILES string of the molecule is CSc1nc(OC(C)=O)cc(=O)[nH]1. The number of aromatic nitrogens is 2. The van der Waals surface area contributed by atoms with Crippen LogP contribution < -0.4 is 10.3 Å². The van der Waals surface area contributed by atoms with Gasteiger partial charge in [-0.1, -0.05) is 11.8 Å². The lowest BCUT2D eigenvalue weighted by atomic mass is 10.6. The molecule has 0 saturated carbocycles. The van der Waals surface area contributed by atoms with E-state index in [1.165, 1.54) is 18.7 Å². The Balaban J connectivity index is 3.01. The molecule has 1 aromatic heterocycles. The number of esters is 1. The van der Waals surface area contributed by atoms with Gasteiger partial charge in [-0.3, -0.25) is 9.59 Å². The molecule has 1 rings (SSSR count). The lowest BCUT2D eigenvalue weighted by Crippen LogP contribution is -2.11. The van der Waals surface area contributed by atoms with Crippen molar-refractivity contribution in [3.63, 3.8) is 0 Å². The number of carbonyl (C=O) groups excluding carboxylic acids is 1. The average molecular weight is 200 g/mol.